The average Bonchev–Trinajstić information content (AvgIpc) is 3.00. The molecule has 3 aromatic rings. The predicted molar refractivity (Wildman–Crippen MR) is 118 cm³/mol. The molecule has 3 N–H and O–H groups in total. The molecule has 0 saturated carbocycles. The summed E-state index contributed by atoms with van der Waals surface area (Å²) in [5.41, 5.74) is 2.45. The van der Waals surface area contributed by atoms with Crippen molar-refractivity contribution in [2.24, 2.45) is 7.05 Å². The van der Waals surface area contributed by atoms with E-state index in [-0.39, 0.29) is 32.4 Å². The normalized spacial score (nSPS) is 11.7. The van der Waals surface area contributed by atoms with Gasteiger partial charge >= 0.3 is 5.97 Å². The van der Waals surface area contributed by atoms with Gasteiger partial charge in [-0.15, -0.1) is 0 Å². The van der Waals surface area contributed by atoms with E-state index in [4.69, 9.17) is 28.3 Å². The van der Waals surface area contributed by atoms with Crippen molar-refractivity contribution in [2.75, 3.05) is 6.61 Å². The van der Waals surface area contributed by atoms with Gasteiger partial charge in [-0.2, -0.15) is 13.5 Å². The summed E-state index contributed by atoms with van der Waals surface area (Å²) in [6.45, 7) is -0.305. The van der Waals surface area contributed by atoms with Crippen LogP contribution in [0.25, 0.3) is 10.9 Å². The zero-order chi connectivity index (χ0) is 20.4. The lowest BCUT2D eigenvalue weighted by atomic mass is 10.0. The maximum absolute atomic E-state index is 12.8. The number of aliphatic carboxylic acids is 1. The highest BCUT2D eigenvalue weighted by atomic mass is 35.5. The number of aliphatic hydroxyl groups is 1. The first-order valence-electron chi connectivity index (χ1n) is 8.47. The molecule has 0 fully saturated rings. The third kappa shape index (κ3) is 4.87. The Morgan fingerprint density at radius 3 is 2.38 bits per heavy atom. The van der Waals surface area contributed by atoms with Crippen LogP contribution in [0.15, 0.2) is 42.5 Å². The van der Waals surface area contributed by atoms with Crippen molar-refractivity contribution >= 4 is 59.5 Å². The van der Waals surface area contributed by atoms with Crippen molar-refractivity contribution in [2.45, 2.75) is 12.5 Å². The Kier molecular flexibility index (Phi) is 7.60. The number of aryl methyl sites for hydroxylation is 1. The molecule has 0 aliphatic heterocycles. The molecule has 29 heavy (non-hydrogen) atoms. The molecule has 1 amide bonds. The monoisotopic (exact) mass is 454 g/mol. The number of nitrogens with zero attached hydrogens (tertiary/aromatic N) is 1. The molecule has 0 unspecified atom stereocenters. The molecule has 0 radical (unpaired) electrons. The van der Waals surface area contributed by atoms with Gasteiger partial charge in [-0.1, -0.05) is 47.5 Å². The Balaban J connectivity index is 0.00000300. The van der Waals surface area contributed by atoms with Gasteiger partial charge in [-0.05, 0) is 29.3 Å². The number of hydrogen-bond donors (Lipinski definition) is 3. The van der Waals surface area contributed by atoms with E-state index in [9.17, 15) is 14.7 Å². The van der Waals surface area contributed by atoms with Crippen molar-refractivity contribution in [1.29, 1.82) is 0 Å². The fourth-order valence-electron chi connectivity index (χ4n) is 3.08. The highest BCUT2D eigenvalue weighted by Crippen LogP contribution is 2.32. The summed E-state index contributed by atoms with van der Waals surface area (Å²) in [5.74, 6) is -1.30. The number of fused-ring (bicyclic) bond motifs is 1. The number of carboxylic acid groups (broad SMARTS) is 1. The Labute approximate surface area is 184 Å². The summed E-state index contributed by atoms with van der Waals surface area (Å²) in [7, 11) is 1.75. The standard InChI is InChI=1S/C20H18Cl2N2O4.H2S/c1-24-16-7-6-14(21)19(22)13(16)9-17(24)20(28)23-15(10-25)12-4-2-11(3-5-12)8-18(26)27;/h2-7,9,15,25H,8,10H2,1H3,(H,23,28)(H,26,27);1H2/t15-;/m1./s1. The van der Waals surface area contributed by atoms with Crippen LogP contribution >= 0.6 is 36.7 Å². The molecule has 1 aromatic heterocycles. The average molecular weight is 455 g/mol. The van der Waals surface area contributed by atoms with Crippen molar-refractivity contribution in [1.82, 2.24) is 9.88 Å². The lowest BCUT2D eigenvalue weighted by Gasteiger charge is -2.17. The number of carboxylic acids is 1. The van der Waals surface area contributed by atoms with Crippen LogP contribution in [0.3, 0.4) is 0 Å². The van der Waals surface area contributed by atoms with Gasteiger partial charge in [0.05, 0.1) is 29.1 Å². The Morgan fingerprint density at radius 2 is 1.79 bits per heavy atom. The van der Waals surface area contributed by atoms with Crippen LogP contribution in [-0.2, 0) is 18.3 Å². The maximum Gasteiger partial charge on any atom is 0.307 e. The van der Waals surface area contributed by atoms with Gasteiger partial charge in [0.1, 0.15) is 5.69 Å². The van der Waals surface area contributed by atoms with Crippen molar-refractivity contribution in [3.8, 4) is 0 Å². The Morgan fingerprint density at radius 1 is 1.14 bits per heavy atom. The molecule has 0 aliphatic rings. The zero-order valence-electron chi connectivity index (χ0n) is 15.4. The van der Waals surface area contributed by atoms with Gasteiger partial charge in [0.2, 0.25) is 0 Å². The SMILES string of the molecule is Cn1c(C(=O)N[C@H](CO)c2ccc(CC(=O)O)cc2)cc2c(Cl)c(Cl)ccc21.S. The van der Waals surface area contributed by atoms with Crippen molar-refractivity contribution < 1.29 is 19.8 Å². The van der Waals surface area contributed by atoms with Crippen LogP contribution in [0.4, 0.5) is 0 Å². The van der Waals surface area contributed by atoms with Crippen LogP contribution in [0.1, 0.15) is 27.7 Å². The van der Waals surface area contributed by atoms with E-state index in [0.29, 0.717) is 32.3 Å². The summed E-state index contributed by atoms with van der Waals surface area (Å²) in [6.07, 6.45) is -0.0876. The van der Waals surface area contributed by atoms with E-state index < -0.39 is 12.0 Å². The molecule has 0 bridgehead atoms. The number of nitrogens with one attached hydrogen (secondary N) is 1. The van der Waals surface area contributed by atoms with Crippen LogP contribution in [-0.4, -0.2) is 33.3 Å². The molecule has 2 aromatic carbocycles. The third-order valence-corrected chi connectivity index (χ3v) is 5.39. The minimum absolute atomic E-state index is 0. The molecule has 9 heteroatoms. The van der Waals surface area contributed by atoms with E-state index in [2.05, 4.69) is 5.32 Å². The molecule has 1 heterocycles. The zero-order valence-corrected chi connectivity index (χ0v) is 18.0. The Hall–Kier alpha value is -2.19. The predicted octanol–water partition coefficient (Wildman–Crippen LogP) is 3.69. The maximum atomic E-state index is 12.8. The third-order valence-electron chi connectivity index (χ3n) is 4.57. The summed E-state index contributed by atoms with van der Waals surface area (Å²) >= 11 is 12.3. The van der Waals surface area contributed by atoms with Crippen LogP contribution in [0.2, 0.25) is 10.0 Å². The van der Waals surface area contributed by atoms with Gasteiger partial charge in [0, 0.05) is 18.0 Å². The second kappa shape index (κ2) is 9.54. The first kappa shape index (κ1) is 23.1. The first-order valence-corrected chi connectivity index (χ1v) is 9.23. The second-order valence-electron chi connectivity index (χ2n) is 6.40. The van der Waals surface area contributed by atoms with Gasteiger partial charge in [0.25, 0.3) is 5.91 Å². The summed E-state index contributed by atoms with van der Waals surface area (Å²) in [6, 6.07) is 11.2. The topological polar surface area (TPSA) is 91.6 Å². The number of aliphatic hydroxyl groups excluding tert-OH is 1. The Bertz CT molecular complexity index is 1050. The molecular formula is C20H20Cl2N2O4S. The highest BCUT2D eigenvalue weighted by molar-refractivity contribution is 7.59. The second-order valence-corrected chi connectivity index (χ2v) is 7.19. The summed E-state index contributed by atoms with van der Waals surface area (Å²) < 4.78 is 1.71. The van der Waals surface area contributed by atoms with E-state index in [1.54, 1.807) is 54.1 Å². The molecule has 0 saturated heterocycles. The molecule has 1 atom stereocenters. The fourth-order valence-corrected chi connectivity index (χ4v) is 3.46. The number of aromatic nitrogens is 1. The van der Waals surface area contributed by atoms with Crippen LogP contribution in [0, 0.1) is 0 Å². The summed E-state index contributed by atoms with van der Waals surface area (Å²) in [4.78, 5) is 23.6. The molecular weight excluding hydrogens is 435 g/mol. The first-order chi connectivity index (χ1) is 13.3. The van der Waals surface area contributed by atoms with Crippen LogP contribution < -0.4 is 5.32 Å². The number of amides is 1. The number of rotatable bonds is 6. The molecule has 0 aliphatic carbocycles. The van der Waals surface area contributed by atoms with E-state index in [1.165, 1.54) is 0 Å². The largest absolute Gasteiger partial charge is 0.481 e. The van der Waals surface area contributed by atoms with E-state index in [1.807, 2.05) is 0 Å². The minimum Gasteiger partial charge on any atom is -0.481 e. The molecule has 6 nitrogen and oxygen atoms in total. The highest BCUT2D eigenvalue weighted by Gasteiger charge is 2.20. The van der Waals surface area contributed by atoms with Gasteiger partial charge < -0.3 is 20.1 Å². The number of benzene rings is 2. The van der Waals surface area contributed by atoms with E-state index >= 15 is 0 Å². The lowest BCUT2D eigenvalue weighted by Crippen LogP contribution is -2.32. The number of hydrogen-bond acceptors (Lipinski definition) is 3. The van der Waals surface area contributed by atoms with Gasteiger partial charge in [0.15, 0.2) is 0 Å². The van der Waals surface area contributed by atoms with E-state index in [0.717, 1.165) is 5.52 Å². The number of carbonyl (C=O) groups excluding carboxylic acids is 1. The molecule has 154 valence electrons. The van der Waals surface area contributed by atoms with Gasteiger partial charge in [-0.3, -0.25) is 9.59 Å². The minimum atomic E-state index is -0.922. The van der Waals surface area contributed by atoms with Crippen molar-refractivity contribution in [3.63, 3.8) is 0 Å². The molecule has 3 rings (SSSR count). The summed E-state index contributed by atoms with van der Waals surface area (Å²) in [5, 5.41) is 22.8. The van der Waals surface area contributed by atoms with Crippen LogP contribution in [0.5, 0.6) is 0 Å². The lowest BCUT2D eigenvalue weighted by molar-refractivity contribution is -0.136. The number of carbonyl (C=O) groups is 2. The smallest absolute Gasteiger partial charge is 0.307 e. The quantitative estimate of drug-likeness (QED) is 0.529. The fraction of sp³-hybridized carbons (Fsp3) is 0.200. The van der Waals surface area contributed by atoms with Gasteiger partial charge in [-0.25, -0.2) is 0 Å². The van der Waals surface area contributed by atoms with Crippen molar-refractivity contribution in [3.05, 3.63) is 69.3 Å². The molecule has 0 spiro atoms. The number of halogens is 2.